The fourth-order valence-corrected chi connectivity index (χ4v) is 3.78. The van der Waals surface area contributed by atoms with E-state index >= 15 is 0 Å². The summed E-state index contributed by atoms with van der Waals surface area (Å²) in [4.78, 5) is 4.75. The van der Waals surface area contributed by atoms with E-state index in [1.165, 1.54) is 43.0 Å². The Kier molecular flexibility index (Phi) is 4.56. The molecule has 2 aliphatic rings. The Labute approximate surface area is 104 Å². The molecule has 16 heavy (non-hydrogen) atoms. The van der Waals surface area contributed by atoms with Gasteiger partial charge in [-0.3, -0.25) is 4.99 Å². The Morgan fingerprint density at radius 3 is 3.00 bits per heavy atom. The van der Waals surface area contributed by atoms with Gasteiger partial charge < -0.3 is 5.32 Å². The lowest BCUT2D eigenvalue weighted by Gasteiger charge is -2.25. The highest BCUT2D eigenvalue weighted by molar-refractivity contribution is 8.14. The van der Waals surface area contributed by atoms with Crippen LogP contribution in [0, 0.1) is 11.8 Å². The molecule has 1 saturated heterocycles. The minimum absolute atomic E-state index is 0.661. The van der Waals surface area contributed by atoms with E-state index in [0.717, 1.165) is 18.4 Å². The van der Waals surface area contributed by atoms with Gasteiger partial charge in [-0.25, -0.2) is 0 Å². The van der Waals surface area contributed by atoms with Crippen molar-refractivity contribution in [2.75, 3.05) is 12.3 Å². The molecular formula is C13H24N2S. The van der Waals surface area contributed by atoms with Crippen LogP contribution in [0.25, 0.3) is 0 Å². The van der Waals surface area contributed by atoms with E-state index in [-0.39, 0.29) is 0 Å². The molecule has 0 aromatic rings. The maximum absolute atomic E-state index is 4.75. The van der Waals surface area contributed by atoms with Crippen LogP contribution in [-0.4, -0.2) is 23.5 Å². The van der Waals surface area contributed by atoms with Gasteiger partial charge in [0, 0.05) is 18.3 Å². The fraction of sp³-hybridized carbons (Fsp3) is 0.923. The molecule has 2 rings (SSSR count). The van der Waals surface area contributed by atoms with Gasteiger partial charge >= 0.3 is 0 Å². The normalized spacial score (nSPS) is 37.6. The summed E-state index contributed by atoms with van der Waals surface area (Å²) < 4.78 is 0. The number of aliphatic imine (C=N–C) groups is 1. The first-order valence-corrected chi connectivity index (χ1v) is 7.70. The Hall–Kier alpha value is -0.180. The van der Waals surface area contributed by atoms with Crippen molar-refractivity contribution in [2.45, 2.75) is 52.0 Å². The molecule has 0 aromatic heterocycles. The molecule has 1 aliphatic carbocycles. The summed E-state index contributed by atoms with van der Waals surface area (Å²) in [5.74, 6) is 2.97. The van der Waals surface area contributed by atoms with E-state index < -0.39 is 0 Å². The molecule has 0 amide bonds. The van der Waals surface area contributed by atoms with Gasteiger partial charge in [0.2, 0.25) is 0 Å². The summed E-state index contributed by atoms with van der Waals surface area (Å²) in [6, 6.07) is 0.661. The minimum Gasteiger partial charge on any atom is -0.361 e. The van der Waals surface area contributed by atoms with Crippen molar-refractivity contribution in [3.05, 3.63) is 0 Å². The second-order valence-corrected chi connectivity index (χ2v) is 6.35. The van der Waals surface area contributed by atoms with Crippen LogP contribution in [0.15, 0.2) is 4.99 Å². The van der Waals surface area contributed by atoms with Crippen LogP contribution in [0.2, 0.25) is 0 Å². The number of rotatable bonds is 3. The summed E-state index contributed by atoms with van der Waals surface area (Å²) in [6.45, 7) is 5.68. The maximum Gasteiger partial charge on any atom is 0.156 e. The van der Waals surface area contributed by atoms with Crippen LogP contribution >= 0.6 is 11.8 Å². The summed E-state index contributed by atoms with van der Waals surface area (Å²) in [5.41, 5.74) is 0. The van der Waals surface area contributed by atoms with Crippen molar-refractivity contribution in [1.82, 2.24) is 5.32 Å². The zero-order chi connectivity index (χ0) is 11.4. The van der Waals surface area contributed by atoms with Crippen molar-refractivity contribution >= 4 is 16.9 Å². The molecule has 0 bridgehead atoms. The Morgan fingerprint density at radius 2 is 2.31 bits per heavy atom. The highest BCUT2D eigenvalue weighted by atomic mass is 32.2. The zero-order valence-corrected chi connectivity index (χ0v) is 11.4. The number of hydrogen-bond donors (Lipinski definition) is 1. The van der Waals surface area contributed by atoms with E-state index in [9.17, 15) is 0 Å². The van der Waals surface area contributed by atoms with Gasteiger partial charge in [-0.15, -0.1) is 0 Å². The monoisotopic (exact) mass is 240 g/mol. The van der Waals surface area contributed by atoms with Crippen LogP contribution in [-0.2, 0) is 0 Å². The van der Waals surface area contributed by atoms with Crippen LogP contribution in [0.1, 0.15) is 46.0 Å². The lowest BCUT2D eigenvalue weighted by atomic mass is 9.82. The Morgan fingerprint density at radius 1 is 1.44 bits per heavy atom. The maximum atomic E-state index is 4.75. The molecule has 1 saturated carbocycles. The van der Waals surface area contributed by atoms with Gasteiger partial charge in [0.05, 0.1) is 0 Å². The molecule has 1 N–H and O–H groups in total. The first-order valence-electron chi connectivity index (χ1n) is 6.71. The van der Waals surface area contributed by atoms with E-state index in [4.69, 9.17) is 4.99 Å². The summed E-state index contributed by atoms with van der Waals surface area (Å²) in [6.07, 6.45) is 6.83. The van der Waals surface area contributed by atoms with E-state index in [0.29, 0.717) is 6.04 Å². The van der Waals surface area contributed by atoms with Gasteiger partial charge in [0.1, 0.15) is 0 Å². The van der Waals surface area contributed by atoms with E-state index in [1.54, 1.807) is 0 Å². The molecule has 1 aliphatic heterocycles. The SMILES string of the molecule is CCC1CSC(=NCC2CCCC(C)C2)N1. The smallest absolute Gasteiger partial charge is 0.156 e. The number of nitrogens with one attached hydrogen (secondary N) is 1. The molecule has 0 aromatic carbocycles. The first-order chi connectivity index (χ1) is 7.78. The van der Waals surface area contributed by atoms with Crippen molar-refractivity contribution in [2.24, 2.45) is 16.8 Å². The lowest BCUT2D eigenvalue weighted by molar-refractivity contribution is 0.289. The molecular weight excluding hydrogens is 216 g/mol. The van der Waals surface area contributed by atoms with Crippen LogP contribution in [0.3, 0.4) is 0 Å². The molecule has 2 nitrogen and oxygen atoms in total. The molecule has 3 unspecified atom stereocenters. The first kappa shape index (κ1) is 12.3. The van der Waals surface area contributed by atoms with Crippen molar-refractivity contribution in [3.63, 3.8) is 0 Å². The number of nitrogens with zero attached hydrogens (tertiary/aromatic N) is 1. The third kappa shape index (κ3) is 3.41. The highest BCUT2D eigenvalue weighted by Crippen LogP contribution is 2.29. The van der Waals surface area contributed by atoms with Gasteiger partial charge in [0.15, 0.2) is 5.17 Å². The average Bonchev–Trinajstić information content (AvgIpc) is 2.74. The molecule has 1 heterocycles. The number of hydrogen-bond acceptors (Lipinski definition) is 2. The minimum atomic E-state index is 0.661. The topological polar surface area (TPSA) is 24.4 Å². The molecule has 3 heteroatoms. The van der Waals surface area contributed by atoms with Gasteiger partial charge in [0.25, 0.3) is 0 Å². The van der Waals surface area contributed by atoms with E-state index in [2.05, 4.69) is 19.2 Å². The largest absolute Gasteiger partial charge is 0.361 e. The lowest BCUT2D eigenvalue weighted by Crippen LogP contribution is -2.26. The third-order valence-corrected chi connectivity index (χ3v) is 4.87. The summed E-state index contributed by atoms with van der Waals surface area (Å²) in [5, 5.41) is 4.70. The fourth-order valence-electron chi connectivity index (χ4n) is 2.69. The molecule has 92 valence electrons. The van der Waals surface area contributed by atoms with Crippen molar-refractivity contribution in [3.8, 4) is 0 Å². The van der Waals surface area contributed by atoms with Crippen molar-refractivity contribution in [1.29, 1.82) is 0 Å². The highest BCUT2D eigenvalue weighted by Gasteiger charge is 2.21. The Bertz CT molecular complexity index is 252. The van der Waals surface area contributed by atoms with E-state index in [1.807, 2.05) is 11.8 Å². The second-order valence-electron chi connectivity index (χ2n) is 5.34. The predicted octanol–water partition coefficient (Wildman–Crippen LogP) is 3.28. The summed E-state index contributed by atoms with van der Waals surface area (Å²) in [7, 11) is 0. The average molecular weight is 240 g/mol. The van der Waals surface area contributed by atoms with Gasteiger partial charge in [-0.05, 0) is 31.1 Å². The van der Waals surface area contributed by atoms with Crippen LogP contribution in [0.5, 0.6) is 0 Å². The van der Waals surface area contributed by atoms with Gasteiger partial charge in [-0.1, -0.05) is 38.5 Å². The molecule has 3 atom stereocenters. The van der Waals surface area contributed by atoms with Crippen molar-refractivity contribution < 1.29 is 0 Å². The second kappa shape index (κ2) is 5.95. The zero-order valence-electron chi connectivity index (χ0n) is 10.5. The standard InChI is InChI=1S/C13H24N2S/c1-3-12-9-16-13(15-12)14-8-11-6-4-5-10(2)7-11/h10-12H,3-9H2,1-2H3,(H,14,15). The predicted molar refractivity (Wildman–Crippen MR) is 73.1 cm³/mol. The Balaban J connectivity index is 1.76. The van der Waals surface area contributed by atoms with Crippen LogP contribution in [0.4, 0.5) is 0 Å². The molecule has 0 radical (unpaired) electrons. The van der Waals surface area contributed by atoms with Crippen LogP contribution < -0.4 is 5.32 Å². The molecule has 2 fully saturated rings. The third-order valence-electron chi connectivity index (χ3n) is 3.78. The quantitative estimate of drug-likeness (QED) is 0.818. The van der Waals surface area contributed by atoms with Gasteiger partial charge in [-0.2, -0.15) is 0 Å². The number of amidine groups is 1. The molecule has 0 spiro atoms. The summed E-state index contributed by atoms with van der Waals surface area (Å²) >= 11 is 1.90. The number of thioether (sulfide) groups is 1.